The lowest BCUT2D eigenvalue weighted by Crippen LogP contribution is -2.01. The van der Waals surface area contributed by atoms with Gasteiger partial charge in [-0.05, 0) is 46.5 Å². The van der Waals surface area contributed by atoms with E-state index < -0.39 is 0 Å². The first-order valence-electron chi connectivity index (χ1n) is 15.3. The highest BCUT2D eigenvalue weighted by Gasteiger charge is 2.00. The maximum atomic E-state index is 5.78. The number of hydrogen-bond acceptors (Lipinski definition) is 8. The van der Waals surface area contributed by atoms with E-state index in [4.69, 9.17) is 18.9 Å². The van der Waals surface area contributed by atoms with Gasteiger partial charge < -0.3 is 18.9 Å². The fourth-order valence-electron chi connectivity index (χ4n) is 4.25. The van der Waals surface area contributed by atoms with E-state index in [2.05, 4.69) is 44.2 Å². The third-order valence-corrected chi connectivity index (χ3v) is 6.75. The number of aromatic nitrogens is 2. The Morgan fingerprint density at radius 1 is 0.457 bits per heavy atom. The lowest BCUT2D eigenvalue weighted by Gasteiger charge is -2.06. The minimum Gasteiger partial charge on any atom is -0.487 e. The van der Waals surface area contributed by atoms with Gasteiger partial charge in [-0.2, -0.15) is 0 Å². The van der Waals surface area contributed by atoms with Crippen molar-refractivity contribution in [2.45, 2.75) is 26.4 Å². The second-order valence-electron chi connectivity index (χ2n) is 10.4. The van der Waals surface area contributed by atoms with Crippen LogP contribution >= 0.6 is 0 Å². The summed E-state index contributed by atoms with van der Waals surface area (Å²) in [6.07, 6.45) is 6.93. The molecule has 0 saturated carbocycles. The zero-order chi connectivity index (χ0) is 31.5. The molecule has 0 saturated heterocycles. The molecule has 0 aliphatic heterocycles. The first-order valence-corrected chi connectivity index (χ1v) is 15.3. The first-order chi connectivity index (χ1) is 22.8. The molecule has 0 bridgehead atoms. The number of nitrogens with zero attached hydrogens (tertiary/aromatic N) is 4. The van der Waals surface area contributed by atoms with Gasteiger partial charge in [0.25, 0.3) is 0 Å². The van der Waals surface area contributed by atoms with Gasteiger partial charge in [0.2, 0.25) is 0 Å². The molecule has 2 aromatic heterocycles. The molecule has 5 aromatic rings. The predicted octanol–water partition coefficient (Wildman–Crippen LogP) is 6.91. The quantitative estimate of drug-likeness (QED) is 0.0788. The van der Waals surface area contributed by atoms with Gasteiger partial charge in [0.05, 0.1) is 63.3 Å². The largest absolute Gasteiger partial charge is 0.487 e. The minimum absolute atomic E-state index is 0.516. The Bertz CT molecular complexity index is 1490. The van der Waals surface area contributed by atoms with Crippen LogP contribution in [0.2, 0.25) is 0 Å². The topological polar surface area (TPSA) is 87.4 Å². The van der Waals surface area contributed by atoms with Crippen LogP contribution in [-0.4, -0.2) is 48.7 Å². The number of hydrogen-bond donors (Lipinski definition) is 0. The van der Waals surface area contributed by atoms with E-state index in [1.54, 1.807) is 24.8 Å². The van der Waals surface area contributed by atoms with Crippen molar-refractivity contribution in [3.8, 4) is 11.5 Å². The van der Waals surface area contributed by atoms with Gasteiger partial charge in [0.1, 0.15) is 24.7 Å². The first kappa shape index (κ1) is 32.2. The van der Waals surface area contributed by atoms with Crippen molar-refractivity contribution in [3.05, 3.63) is 155 Å². The van der Waals surface area contributed by atoms with Crippen molar-refractivity contribution in [2.24, 2.45) is 9.98 Å². The zero-order valence-electron chi connectivity index (χ0n) is 25.8. The van der Waals surface area contributed by atoms with Gasteiger partial charge in [0, 0.05) is 12.4 Å². The molecule has 46 heavy (non-hydrogen) atoms. The molecular formula is C38H38N4O4. The molecule has 0 aliphatic rings. The molecule has 5 rings (SSSR count). The Hall–Kier alpha value is -5.18. The fourth-order valence-corrected chi connectivity index (χ4v) is 4.25. The van der Waals surface area contributed by atoms with Crippen molar-refractivity contribution < 1.29 is 18.9 Å². The molecule has 0 N–H and O–H groups in total. The molecule has 0 amide bonds. The third-order valence-electron chi connectivity index (χ3n) is 6.75. The molecule has 2 heterocycles. The summed E-state index contributed by atoms with van der Waals surface area (Å²) in [6.45, 7) is 4.28. The standard InChI is InChI=1S/C38H38N4O4/c1-3-7-31(8-4-1)29-45-37-17-15-35(41-25-37)23-39-19-21-43-27-33-11-13-34(14-12-33)28-44-22-20-40-24-36-16-18-38(26-42-36)46-30-32-9-5-2-6-10-32/h1-18,23-26H,19-22,27-30H2. The SMILES string of the molecule is C(=NCCOCc1ccc(COCCN=Cc2ccc(OCc3ccccc3)cn2)cc1)c1ccc(OCc2ccccc2)cn1. The third kappa shape index (κ3) is 11.7. The van der Waals surface area contributed by atoms with E-state index in [1.165, 1.54) is 0 Å². The number of rotatable bonds is 18. The van der Waals surface area contributed by atoms with Crippen molar-refractivity contribution in [2.75, 3.05) is 26.3 Å². The number of aliphatic imine (C=N–C) groups is 2. The van der Waals surface area contributed by atoms with Gasteiger partial charge in [0.15, 0.2) is 0 Å². The zero-order valence-corrected chi connectivity index (χ0v) is 25.8. The maximum Gasteiger partial charge on any atom is 0.138 e. The van der Waals surface area contributed by atoms with E-state index in [0.29, 0.717) is 52.7 Å². The number of benzene rings is 3. The van der Waals surface area contributed by atoms with E-state index in [1.807, 2.05) is 84.9 Å². The molecule has 8 heteroatoms. The van der Waals surface area contributed by atoms with E-state index in [9.17, 15) is 0 Å². The number of pyridine rings is 2. The van der Waals surface area contributed by atoms with Crippen LogP contribution in [0.5, 0.6) is 11.5 Å². The summed E-state index contributed by atoms with van der Waals surface area (Å²) in [6, 6.07) is 35.9. The summed E-state index contributed by atoms with van der Waals surface area (Å²) >= 11 is 0. The van der Waals surface area contributed by atoms with Crippen LogP contribution in [0.15, 0.2) is 132 Å². The maximum absolute atomic E-state index is 5.78. The monoisotopic (exact) mass is 614 g/mol. The summed E-state index contributed by atoms with van der Waals surface area (Å²) in [4.78, 5) is 17.6. The van der Waals surface area contributed by atoms with Gasteiger partial charge in [-0.25, -0.2) is 0 Å². The summed E-state index contributed by atoms with van der Waals surface area (Å²) in [5.41, 5.74) is 6.01. The molecule has 0 radical (unpaired) electrons. The van der Waals surface area contributed by atoms with Crippen LogP contribution in [0, 0.1) is 0 Å². The highest BCUT2D eigenvalue weighted by Crippen LogP contribution is 2.13. The van der Waals surface area contributed by atoms with Crippen LogP contribution in [-0.2, 0) is 35.9 Å². The Kier molecular flexibility index (Phi) is 13.0. The molecule has 3 aromatic carbocycles. The van der Waals surface area contributed by atoms with Crippen molar-refractivity contribution in [1.82, 2.24) is 9.97 Å². The highest BCUT2D eigenvalue weighted by atomic mass is 16.5. The summed E-state index contributed by atoms with van der Waals surface area (Å²) < 4.78 is 23.1. The van der Waals surface area contributed by atoms with Crippen LogP contribution < -0.4 is 9.47 Å². The minimum atomic E-state index is 0.516. The predicted molar refractivity (Wildman–Crippen MR) is 181 cm³/mol. The van der Waals surface area contributed by atoms with Gasteiger partial charge in [-0.3, -0.25) is 20.0 Å². The van der Waals surface area contributed by atoms with Crippen molar-refractivity contribution >= 4 is 12.4 Å². The Morgan fingerprint density at radius 2 is 0.870 bits per heavy atom. The highest BCUT2D eigenvalue weighted by molar-refractivity contribution is 5.77. The molecule has 234 valence electrons. The van der Waals surface area contributed by atoms with Crippen molar-refractivity contribution in [1.29, 1.82) is 0 Å². The molecule has 0 atom stereocenters. The lowest BCUT2D eigenvalue weighted by molar-refractivity contribution is 0.126. The van der Waals surface area contributed by atoms with Crippen LogP contribution in [0.4, 0.5) is 0 Å². The Balaban J connectivity index is 0.897. The average Bonchev–Trinajstić information content (AvgIpc) is 3.12. The van der Waals surface area contributed by atoms with Gasteiger partial charge >= 0.3 is 0 Å². The van der Waals surface area contributed by atoms with Gasteiger partial charge in [-0.15, -0.1) is 0 Å². The molecule has 8 nitrogen and oxygen atoms in total. The smallest absolute Gasteiger partial charge is 0.138 e. The second-order valence-corrected chi connectivity index (χ2v) is 10.4. The van der Waals surface area contributed by atoms with E-state index in [-0.39, 0.29) is 0 Å². The average molecular weight is 615 g/mol. The molecular weight excluding hydrogens is 576 g/mol. The second kappa shape index (κ2) is 18.6. The van der Waals surface area contributed by atoms with Crippen LogP contribution in [0.3, 0.4) is 0 Å². The van der Waals surface area contributed by atoms with Crippen LogP contribution in [0.1, 0.15) is 33.6 Å². The molecule has 0 aliphatic carbocycles. The summed E-state index contributed by atoms with van der Waals surface area (Å²) in [5, 5.41) is 0. The number of ether oxygens (including phenoxy) is 4. The van der Waals surface area contributed by atoms with E-state index in [0.717, 1.165) is 45.1 Å². The van der Waals surface area contributed by atoms with E-state index >= 15 is 0 Å². The van der Waals surface area contributed by atoms with Crippen molar-refractivity contribution in [3.63, 3.8) is 0 Å². The summed E-state index contributed by atoms with van der Waals surface area (Å²) in [7, 11) is 0. The Labute approximate surface area is 270 Å². The Morgan fingerprint density at radius 3 is 1.26 bits per heavy atom. The fraction of sp³-hybridized carbons (Fsp3) is 0.211. The van der Waals surface area contributed by atoms with Gasteiger partial charge in [-0.1, -0.05) is 84.9 Å². The van der Waals surface area contributed by atoms with Crippen LogP contribution in [0.25, 0.3) is 0 Å². The molecule has 0 spiro atoms. The molecule has 0 fully saturated rings. The normalized spacial score (nSPS) is 11.3. The summed E-state index contributed by atoms with van der Waals surface area (Å²) in [5.74, 6) is 1.46. The molecule has 0 unspecified atom stereocenters. The lowest BCUT2D eigenvalue weighted by atomic mass is 10.1.